The van der Waals surface area contributed by atoms with Crippen LogP contribution >= 0.6 is 22.6 Å². The van der Waals surface area contributed by atoms with Gasteiger partial charge < -0.3 is 5.32 Å². The Morgan fingerprint density at radius 3 is 2.89 bits per heavy atom. The van der Waals surface area contributed by atoms with Crippen molar-refractivity contribution in [3.63, 3.8) is 0 Å². The second-order valence-corrected chi connectivity index (χ2v) is 5.27. The lowest BCUT2D eigenvalue weighted by atomic mass is 10.2. The molecule has 2 rings (SSSR count). The summed E-state index contributed by atoms with van der Waals surface area (Å²) in [6.07, 6.45) is 2.93. The maximum absolute atomic E-state index is 13.0. The van der Waals surface area contributed by atoms with E-state index >= 15 is 0 Å². The van der Waals surface area contributed by atoms with Crippen molar-refractivity contribution in [3.05, 3.63) is 45.0 Å². The van der Waals surface area contributed by atoms with E-state index in [9.17, 15) is 4.39 Å². The number of aromatic nitrogens is 2. The largest absolute Gasteiger partial charge is 0.380 e. The summed E-state index contributed by atoms with van der Waals surface area (Å²) in [5.74, 6) is -0.208. The lowest BCUT2D eigenvalue weighted by Crippen LogP contribution is -2.02. The van der Waals surface area contributed by atoms with Crippen LogP contribution in [0.2, 0.25) is 0 Å². The summed E-state index contributed by atoms with van der Waals surface area (Å²) >= 11 is 2.13. The van der Waals surface area contributed by atoms with E-state index in [0.717, 1.165) is 21.4 Å². The first-order valence-electron chi connectivity index (χ1n) is 5.80. The summed E-state index contributed by atoms with van der Waals surface area (Å²) in [5.41, 5.74) is 3.23. The van der Waals surface area contributed by atoms with E-state index in [0.29, 0.717) is 6.54 Å². The minimum absolute atomic E-state index is 0.208. The molecule has 1 aromatic carbocycles. The quantitative estimate of drug-likeness (QED) is 0.849. The van der Waals surface area contributed by atoms with Crippen LogP contribution in [-0.2, 0) is 20.0 Å². The Bertz CT molecular complexity index is 551. The highest BCUT2D eigenvalue weighted by atomic mass is 127. The zero-order chi connectivity index (χ0) is 13.1. The number of hydrogen-bond donors (Lipinski definition) is 1. The second kappa shape index (κ2) is 5.69. The van der Waals surface area contributed by atoms with Crippen molar-refractivity contribution in [1.82, 2.24) is 9.78 Å². The van der Waals surface area contributed by atoms with Crippen molar-refractivity contribution in [3.8, 4) is 0 Å². The van der Waals surface area contributed by atoms with E-state index in [1.54, 1.807) is 6.07 Å². The molecule has 0 unspecified atom stereocenters. The summed E-state index contributed by atoms with van der Waals surface area (Å²) in [4.78, 5) is 0. The zero-order valence-corrected chi connectivity index (χ0v) is 12.5. The molecule has 0 atom stereocenters. The third kappa shape index (κ3) is 3.01. The predicted octanol–water partition coefficient (Wildman–Crippen LogP) is 3.34. The van der Waals surface area contributed by atoms with Gasteiger partial charge in [-0.2, -0.15) is 5.10 Å². The highest BCUT2D eigenvalue weighted by Crippen LogP contribution is 2.20. The Morgan fingerprint density at radius 2 is 2.22 bits per heavy atom. The lowest BCUT2D eigenvalue weighted by molar-refractivity contribution is 0.627. The molecule has 3 nitrogen and oxygen atoms in total. The Labute approximate surface area is 120 Å². The number of rotatable bonds is 4. The van der Waals surface area contributed by atoms with Gasteiger partial charge in [-0.3, -0.25) is 4.68 Å². The fourth-order valence-corrected chi connectivity index (χ4v) is 2.52. The van der Waals surface area contributed by atoms with Crippen LogP contribution in [0.4, 0.5) is 10.1 Å². The summed E-state index contributed by atoms with van der Waals surface area (Å²) in [7, 11) is 1.92. The Morgan fingerprint density at radius 1 is 1.44 bits per heavy atom. The number of benzene rings is 1. The average molecular weight is 359 g/mol. The second-order valence-electron chi connectivity index (χ2n) is 4.11. The van der Waals surface area contributed by atoms with E-state index in [4.69, 9.17) is 0 Å². The summed E-state index contributed by atoms with van der Waals surface area (Å²) in [6, 6.07) is 4.75. The van der Waals surface area contributed by atoms with Gasteiger partial charge in [-0.25, -0.2) is 4.39 Å². The maximum Gasteiger partial charge on any atom is 0.124 e. The third-order valence-corrected chi connectivity index (χ3v) is 3.62. The van der Waals surface area contributed by atoms with Gasteiger partial charge in [0, 0.05) is 34.6 Å². The van der Waals surface area contributed by atoms with Gasteiger partial charge in [0.15, 0.2) is 0 Å². The molecule has 0 radical (unpaired) electrons. The molecular weight excluding hydrogens is 344 g/mol. The van der Waals surface area contributed by atoms with E-state index in [-0.39, 0.29) is 5.82 Å². The van der Waals surface area contributed by atoms with Crippen molar-refractivity contribution in [2.45, 2.75) is 19.9 Å². The molecule has 0 aliphatic carbocycles. The fraction of sp³-hybridized carbons (Fsp3) is 0.308. The summed E-state index contributed by atoms with van der Waals surface area (Å²) < 4.78 is 15.7. The van der Waals surface area contributed by atoms with Crippen LogP contribution in [0.25, 0.3) is 0 Å². The molecule has 0 spiro atoms. The number of hydrogen-bond acceptors (Lipinski definition) is 2. The Kier molecular flexibility index (Phi) is 4.21. The molecule has 18 heavy (non-hydrogen) atoms. The number of halogens is 2. The molecule has 96 valence electrons. The number of anilines is 1. The van der Waals surface area contributed by atoms with E-state index in [1.165, 1.54) is 17.7 Å². The zero-order valence-electron chi connectivity index (χ0n) is 10.4. The molecule has 0 aliphatic rings. The number of nitrogens with one attached hydrogen (secondary N) is 1. The van der Waals surface area contributed by atoms with Gasteiger partial charge in [0.2, 0.25) is 0 Å². The molecule has 2 aromatic rings. The molecule has 0 bridgehead atoms. The van der Waals surface area contributed by atoms with Gasteiger partial charge >= 0.3 is 0 Å². The molecule has 0 amide bonds. The first kappa shape index (κ1) is 13.3. The minimum Gasteiger partial charge on any atom is -0.380 e. The van der Waals surface area contributed by atoms with E-state index < -0.39 is 0 Å². The van der Waals surface area contributed by atoms with Gasteiger partial charge in [0.05, 0.1) is 5.69 Å². The number of aryl methyl sites for hydroxylation is 2. The molecule has 5 heteroatoms. The molecule has 1 aromatic heterocycles. The van der Waals surface area contributed by atoms with Crippen molar-refractivity contribution in [2.75, 3.05) is 5.32 Å². The molecule has 0 saturated heterocycles. The fourth-order valence-electron chi connectivity index (χ4n) is 1.85. The average Bonchev–Trinajstić information content (AvgIpc) is 2.68. The summed E-state index contributed by atoms with van der Waals surface area (Å²) in [5, 5.41) is 7.71. The van der Waals surface area contributed by atoms with Gasteiger partial charge in [0.1, 0.15) is 5.82 Å². The molecule has 0 aliphatic heterocycles. The topological polar surface area (TPSA) is 29.9 Å². The van der Waals surface area contributed by atoms with Gasteiger partial charge in [-0.1, -0.05) is 6.92 Å². The van der Waals surface area contributed by atoms with E-state index in [1.807, 2.05) is 17.9 Å². The van der Waals surface area contributed by atoms with Gasteiger partial charge in [-0.15, -0.1) is 0 Å². The smallest absolute Gasteiger partial charge is 0.124 e. The molecular formula is C13H15FIN3. The standard InChI is InChI=1S/C13H15FIN3/c1-3-12-9(8-18(2)17-12)7-16-13-5-4-10(14)6-11(13)15/h4-6,8,16H,3,7H2,1-2H3. The Balaban J connectivity index is 2.11. The maximum atomic E-state index is 13.0. The van der Waals surface area contributed by atoms with Crippen LogP contribution in [0.1, 0.15) is 18.2 Å². The first-order chi connectivity index (χ1) is 8.60. The van der Waals surface area contributed by atoms with Crippen LogP contribution in [0, 0.1) is 9.39 Å². The van der Waals surface area contributed by atoms with Crippen LogP contribution in [-0.4, -0.2) is 9.78 Å². The highest BCUT2D eigenvalue weighted by molar-refractivity contribution is 14.1. The number of nitrogens with zero attached hydrogens (tertiary/aromatic N) is 2. The van der Waals surface area contributed by atoms with Gasteiger partial charge in [0.25, 0.3) is 0 Å². The lowest BCUT2D eigenvalue weighted by Gasteiger charge is -2.08. The van der Waals surface area contributed by atoms with E-state index in [2.05, 4.69) is 39.9 Å². The molecule has 0 fully saturated rings. The van der Waals surface area contributed by atoms with Crippen LogP contribution < -0.4 is 5.32 Å². The normalized spacial score (nSPS) is 10.7. The molecule has 1 heterocycles. The summed E-state index contributed by atoms with van der Waals surface area (Å²) in [6.45, 7) is 2.80. The predicted molar refractivity (Wildman–Crippen MR) is 79.0 cm³/mol. The van der Waals surface area contributed by atoms with Crippen molar-refractivity contribution >= 4 is 28.3 Å². The molecule has 0 saturated carbocycles. The SMILES string of the molecule is CCc1nn(C)cc1CNc1ccc(F)cc1I. The van der Waals surface area contributed by atoms with Crippen LogP contribution in [0.3, 0.4) is 0 Å². The monoisotopic (exact) mass is 359 g/mol. The molecule has 1 N–H and O–H groups in total. The Hall–Kier alpha value is -1.11. The van der Waals surface area contributed by atoms with Crippen molar-refractivity contribution < 1.29 is 4.39 Å². The van der Waals surface area contributed by atoms with Gasteiger partial charge in [-0.05, 0) is 47.2 Å². The first-order valence-corrected chi connectivity index (χ1v) is 6.88. The highest BCUT2D eigenvalue weighted by Gasteiger charge is 2.07. The van der Waals surface area contributed by atoms with Crippen LogP contribution in [0.5, 0.6) is 0 Å². The van der Waals surface area contributed by atoms with Crippen molar-refractivity contribution in [1.29, 1.82) is 0 Å². The minimum atomic E-state index is -0.208. The van der Waals surface area contributed by atoms with Crippen LogP contribution in [0.15, 0.2) is 24.4 Å². The van der Waals surface area contributed by atoms with Crippen molar-refractivity contribution in [2.24, 2.45) is 7.05 Å². The third-order valence-electron chi connectivity index (χ3n) is 2.73.